The standard InChI is InChI=1S/C14H23N3O4/c1-9-5-11(21-17-9)8-16-13(20)15-7-10(12(18)19)6-14(2,3)4/h5,10H,6-8H2,1-4H3,(H,18,19)(H2,15,16,20). The van der Waals surface area contributed by atoms with E-state index in [4.69, 9.17) is 9.63 Å². The molecule has 0 fully saturated rings. The molecule has 2 amide bonds. The molecule has 1 aromatic heterocycles. The molecule has 0 aliphatic carbocycles. The number of hydrogen-bond acceptors (Lipinski definition) is 4. The van der Waals surface area contributed by atoms with Gasteiger partial charge >= 0.3 is 12.0 Å². The predicted molar refractivity (Wildman–Crippen MR) is 76.7 cm³/mol. The molecule has 1 heterocycles. The Morgan fingerprint density at radius 2 is 2.05 bits per heavy atom. The zero-order chi connectivity index (χ0) is 16.0. The second kappa shape index (κ2) is 7.10. The molecule has 1 aromatic rings. The van der Waals surface area contributed by atoms with Gasteiger partial charge in [-0.2, -0.15) is 0 Å². The lowest BCUT2D eigenvalue weighted by atomic mass is 9.84. The number of rotatable bonds is 6. The van der Waals surface area contributed by atoms with Crippen molar-refractivity contribution in [3.05, 3.63) is 17.5 Å². The third-order valence-electron chi connectivity index (χ3n) is 2.82. The van der Waals surface area contributed by atoms with Gasteiger partial charge in [0.25, 0.3) is 0 Å². The van der Waals surface area contributed by atoms with E-state index in [1.54, 1.807) is 13.0 Å². The Morgan fingerprint density at radius 3 is 2.52 bits per heavy atom. The number of aliphatic carboxylic acids is 1. The highest BCUT2D eigenvalue weighted by Crippen LogP contribution is 2.24. The van der Waals surface area contributed by atoms with Gasteiger partial charge in [0, 0.05) is 12.6 Å². The van der Waals surface area contributed by atoms with E-state index in [0.29, 0.717) is 12.2 Å². The zero-order valence-electron chi connectivity index (χ0n) is 12.9. The van der Waals surface area contributed by atoms with Crippen LogP contribution >= 0.6 is 0 Å². The number of nitrogens with one attached hydrogen (secondary N) is 2. The van der Waals surface area contributed by atoms with Crippen LogP contribution in [-0.2, 0) is 11.3 Å². The second-order valence-electron chi connectivity index (χ2n) is 6.30. The van der Waals surface area contributed by atoms with Crippen molar-refractivity contribution in [2.24, 2.45) is 11.3 Å². The van der Waals surface area contributed by atoms with Gasteiger partial charge in [0.05, 0.1) is 18.2 Å². The molecule has 0 aliphatic heterocycles. The molecular formula is C14H23N3O4. The number of carbonyl (C=O) groups excluding carboxylic acids is 1. The third-order valence-corrected chi connectivity index (χ3v) is 2.82. The first-order chi connectivity index (χ1) is 9.67. The molecule has 7 nitrogen and oxygen atoms in total. The summed E-state index contributed by atoms with van der Waals surface area (Å²) >= 11 is 0. The van der Waals surface area contributed by atoms with Crippen molar-refractivity contribution in [2.45, 2.75) is 40.7 Å². The summed E-state index contributed by atoms with van der Waals surface area (Å²) in [6, 6.07) is 1.30. The Labute approximate surface area is 124 Å². The third kappa shape index (κ3) is 6.78. The van der Waals surface area contributed by atoms with E-state index in [0.717, 1.165) is 5.69 Å². The highest BCUT2D eigenvalue weighted by Gasteiger charge is 2.24. The van der Waals surface area contributed by atoms with Gasteiger partial charge in [-0.25, -0.2) is 4.79 Å². The Morgan fingerprint density at radius 1 is 1.38 bits per heavy atom. The maximum absolute atomic E-state index is 11.6. The van der Waals surface area contributed by atoms with E-state index in [2.05, 4.69) is 15.8 Å². The number of carbonyl (C=O) groups is 2. The highest BCUT2D eigenvalue weighted by molar-refractivity contribution is 5.75. The molecule has 118 valence electrons. The van der Waals surface area contributed by atoms with E-state index >= 15 is 0 Å². The number of amides is 2. The van der Waals surface area contributed by atoms with E-state index in [-0.39, 0.29) is 18.5 Å². The van der Waals surface area contributed by atoms with Crippen molar-refractivity contribution < 1.29 is 19.2 Å². The molecule has 0 bridgehead atoms. The lowest BCUT2D eigenvalue weighted by molar-refractivity contribution is -0.142. The zero-order valence-corrected chi connectivity index (χ0v) is 12.9. The summed E-state index contributed by atoms with van der Waals surface area (Å²) in [7, 11) is 0. The summed E-state index contributed by atoms with van der Waals surface area (Å²) in [6.45, 7) is 7.99. The minimum atomic E-state index is -0.906. The number of aryl methyl sites for hydroxylation is 1. The Balaban J connectivity index is 2.37. The van der Waals surface area contributed by atoms with Gasteiger partial charge in [-0.1, -0.05) is 25.9 Å². The van der Waals surface area contributed by atoms with E-state index in [1.807, 2.05) is 20.8 Å². The van der Waals surface area contributed by atoms with Gasteiger partial charge < -0.3 is 20.3 Å². The number of hydrogen-bond donors (Lipinski definition) is 3. The molecule has 1 atom stereocenters. The van der Waals surface area contributed by atoms with E-state index < -0.39 is 17.9 Å². The fraction of sp³-hybridized carbons (Fsp3) is 0.643. The van der Waals surface area contributed by atoms with Crippen molar-refractivity contribution in [1.29, 1.82) is 0 Å². The number of urea groups is 1. The van der Waals surface area contributed by atoms with Crippen LogP contribution in [0.25, 0.3) is 0 Å². The Hall–Kier alpha value is -2.05. The summed E-state index contributed by atoms with van der Waals surface area (Å²) in [5.74, 6) is -0.966. The molecule has 0 aliphatic rings. The average molecular weight is 297 g/mol. The van der Waals surface area contributed by atoms with Crippen LogP contribution < -0.4 is 10.6 Å². The summed E-state index contributed by atoms with van der Waals surface area (Å²) in [5, 5.41) is 18.0. The van der Waals surface area contributed by atoms with Crippen molar-refractivity contribution in [2.75, 3.05) is 6.54 Å². The molecule has 7 heteroatoms. The van der Waals surface area contributed by atoms with Gasteiger partial charge in [0.2, 0.25) is 0 Å². The lowest BCUT2D eigenvalue weighted by Crippen LogP contribution is -2.40. The fourth-order valence-corrected chi connectivity index (χ4v) is 1.93. The lowest BCUT2D eigenvalue weighted by Gasteiger charge is -2.23. The first kappa shape index (κ1) is 17.0. The van der Waals surface area contributed by atoms with E-state index in [9.17, 15) is 9.59 Å². The number of nitrogens with zero attached hydrogens (tertiary/aromatic N) is 1. The molecular weight excluding hydrogens is 274 g/mol. The van der Waals surface area contributed by atoms with Gasteiger partial charge in [0.15, 0.2) is 5.76 Å². The normalized spacial score (nSPS) is 12.8. The number of carboxylic acid groups (broad SMARTS) is 1. The highest BCUT2D eigenvalue weighted by atomic mass is 16.5. The summed E-state index contributed by atoms with van der Waals surface area (Å²) in [5.41, 5.74) is 0.627. The second-order valence-corrected chi connectivity index (χ2v) is 6.30. The summed E-state index contributed by atoms with van der Waals surface area (Å²) in [6.07, 6.45) is 0.490. The van der Waals surface area contributed by atoms with Gasteiger partial charge in [-0.05, 0) is 18.8 Å². The molecule has 0 saturated heterocycles. The average Bonchev–Trinajstić information content (AvgIpc) is 2.76. The molecule has 0 spiro atoms. The summed E-state index contributed by atoms with van der Waals surface area (Å²) < 4.78 is 4.96. The van der Waals surface area contributed by atoms with Crippen molar-refractivity contribution >= 4 is 12.0 Å². The van der Waals surface area contributed by atoms with Crippen LogP contribution in [0.1, 0.15) is 38.6 Å². The first-order valence-electron chi connectivity index (χ1n) is 6.84. The predicted octanol–water partition coefficient (Wildman–Crippen LogP) is 1.92. The van der Waals surface area contributed by atoms with Crippen molar-refractivity contribution in [1.82, 2.24) is 15.8 Å². The molecule has 1 rings (SSSR count). The first-order valence-corrected chi connectivity index (χ1v) is 6.84. The monoisotopic (exact) mass is 297 g/mol. The van der Waals surface area contributed by atoms with Gasteiger partial charge in [0.1, 0.15) is 0 Å². The van der Waals surface area contributed by atoms with Crippen LogP contribution in [-0.4, -0.2) is 28.8 Å². The smallest absolute Gasteiger partial charge is 0.315 e. The largest absolute Gasteiger partial charge is 0.481 e. The Kier molecular flexibility index (Phi) is 5.75. The molecule has 0 aromatic carbocycles. The minimum absolute atomic E-state index is 0.0911. The Bertz CT molecular complexity index is 491. The maximum Gasteiger partial charge on any atom is 0.315 e. The molecule has 0 saturated carbocycles. The van der Waals surface area contributed by atoms with Crippen LogP contribution in [0.4, 0.5) is 4.79 Å². The van der Waals surface area contributed by atoms with Crippen LogP contribution in [0, 0.1) is 18.3 Å². The topological polar surface area (TPSA) is 104 Å². The quantitative estimate of drug-likeness (QED) is 0.744. The SMILES string of the molecule is Cc1cc(CNC(=O)NCC(CC(C)(C)C)C(=O)O)on1. The van der Waals surface area contributed by atoms with Crippen LogP contribution in [0.2, 0.25) is 0 Å². The van der Waals surface area contributed by atoms with Gasteiger partial charge in [-0.15, -0.1) is 0 Å². The van der Waals surface area contributed by atoms with Crippen molar-refractivity contribution in [3.8, 4) is 0 Å². The molecule has 0 radical (unpaired) electrons. The van der Waals surface area contributed by atoms with Gasteiger partial charge in [-0.3, -0.25) is 4.79 Å². The van der Waals surface area contributed by atoms with Crippen molar-refractivity contribution in [3.63, 3.8) is 0 Å². The van der Waals surface area contributed by atoms with E-state index in [1.165, 1.54) is 0 Å². The fourth-order valence-electron chi connectivity index (χ4n) is 1.93. The molecule has 21 heavy (non-hydrogen) atoms. The number of carboxylic acids is 1. The minimum Gasteiger partial charge on any atom is -0.481 e. The summed E-state index contributed by atoms with van der Waals surface area (Å²) in [4.78, 5) is 22.8. The number of aromatic nitrogens is 1. The maximum atomic E-state index is 11.6. The molecule has 1 unspecified atom stereocenters. The van der Waals surface area contributed by atoms with Crippen LogP contribution in [0.5, 0.6) is 0 Å². The molecule has 3 N–H and O–H groups in total. The van der Waals surface area contributed by atoms with Crippen LogP contribution in [0.3, 0.4) is 0 Å². The van der Waals surface area contributed by atoms with Crippen LogP contribution in [0.15, 0.2) is 10.6 Å².